The fraction of sp³-hybridized carbons (Fsp3) is 0.500. The van der Waals surface area contributed by atoms with E-state index in [4.69, 9.17) is 16.3 Å². The summed E-state index contributed by atoms with van der Waals surface area (Å²) in [5.41, 5.74) is 0.908. The van der Waals surface area contributed by atoms with E-state index in [2.05, 4.69) is 5.32 Å². The average Bonchev–Trinajstić information content (AvgIpc) is 3.46. The number of halogens is 1. The van der Waals surface area contributed by atoms with E-state index < -0.39 is 26.0 Å². The van der Waals surface area contributed by atoms with Gasteiger partial charge in [-0.3, -0.25) is 4.79 Å². The van der Waals surface area contributed by atoms with Gasteiger partial charge in [0.2, 0.25) is 26.0 Å². The van der Waals surface area contributed by atoms with Crippen LogP contribution in [0.3, 0.4) is 0 Å². The number of amides is 1. The zero-order chi connectivity index (χ0) is 27.3. The van der Waals surface area contributed by atoms with Crippen molar-refractivity contribution >= 4 is 37.6 Å². The largest absolute Gasteiger partial charge is 0.492 e. The summed E-state index contributed by atoms with van der Waals surface area (Å²) in [6.45, 7) is 4.16. The maximum Gasteiger partial charge on any atom is 0.243 e. The Bertz CT molecular complexity index is 1340. The second kappa shape index (κ2) is 12.3. The highest BCUT2D eigenvalue weighted by Gasteiger charge is 2.33. The molecular weight excluding hydrogens is 550 g/mol. The standard InChI is InChI=1S/C26H34ClN3O6S2/c1-2-36-25-12-11-23(18-24(25)27)38(34,35)30-17-5-6-21(19-30)26(31)28-14-13-20-7-9-22(10-8-20)37(32,33)29-15-3-4-16-29/h7-12,18,21H,2-6,13-17,19H2,1H3,(H,28,31). The lowest BCUT2D eigenvalue weighted by molar-refractivity contribution is -0.126. The normalized spacial score (nSPS) is 19.4. The molecule has 2 aliphatic rings. The lowest BCUT2D eigenvalue weighted by Gasteiger charge is -2.31. The molecule has 0 saturated carbocycles. The van der Waals surface area contributed by atoms with Crippen LogP contribution in [0.2, 0.25) is 5.02 Å². The maximum atomic E-state index is 13.2. The molecule has 12 heteroatoms. The van der Waals surface area contributed by atoms with E-state index >= 15 is 0 Å². The molecule has 1 amide bonds. The first-order valence-corrected chi connectivity index (χ1v) is 16.2. The van der Waals surface area contributed by atoms with Gasteiger partial charge in [-0.1, -0.05) is 23.7 Å². The van der Waals surface area contributed by atoms with Crippen molar-refractivity contribution in [2.75, 3.05) is 39.3 Å². The van der Waals surface area contributed by atoms with Gasteiger partial charge in [-0.2, -0.15) is 8.61 Å². The predicted molar refractivity (Wildman–Crippen MR) is 145 cm³/mol. The molecule has 0 aliphatic carbocycles. The van der Waals surface area contributed by atoms with E-state index in [1.54, 1.807) is 30.3 Å². The van der Waals surface area contributed by atoms with Crippen LogP contribution in [0, 0.1) is 5.92 Å². The van der Waals surface area contributed by atoms with Crippen LogP contribution in [0.15, 0.2) is 52.3 Å². The molecule has 2 aliphatic heterocycles. The highest BCUT2D eigenvalue weighted by atomic mass is 35.5. The third-order valence-corrected chi connectivity index (χ3v) is 11.0. The first-order valence-electron chi connectivity index (χ1n) is 12.9. The van der Waals surface area contributed by atoms with Gasteiger partial charge < -0.3 is 10.1 Å². The van der Waals surface area contributed by atoms with Crippen LogP contribution in [0.4, 0.5) is 0 Å². The number of sulfonamides is 2. The molecule has 2 fully saturated rings. The zero-order valence-corrected chi connectivity index (χ0v) is 23.8. The van der Waals surface area contributed by atoms with Gasteiger partial charge in [0.1, 0.15) is 5.75 Å². The molecule has 208 valence electrons. The Labute approximate surface area is 230 Å². The van der Waals surface area contributed by atoms with Crippen LogP contribution in [-0.2, 0) is 31.3 Å². The van der Waals surface area contributed by atoms with Gasteiger partial charge in [-0.05, 0) is 74.9 Å². The molecule has 0 aromatic heterocycles. The molecule has 4 rings (SSSR count). The molecule has 2 aromatic rings. The van der Waals surface area contributed by atoms with Crippen LogP contribution in [-0.4, -0.2) is 70.7 Å². The van der Waals surface area contributed by atoms with E-state index in [-0.39, 0.29) is 27.3 Å². The number of nitrogens with one attached hydrogen (secondary N) is 1. The van der Waals surface area contributed by atoms with Gasteiger partial charge in [0.05, 0.1) is 27.3 Å². The predicted octanol–water partition coefficient (Wildman–Crippen LogP) is 3.28. The number of ether oxygens (including phenoxy) is 1. The summed E-state index contributed by atoms with van der Waals surface area (Å²) in [5.74, 6) is -0.223. The van der Waals surface area contributed by atoms with Gasteiger partial charge in [-0.15, -0.1) is 0 Å². The van der Waals surface area contributed by atoms with Gasteiger partial charge in [0.15, 0.2) is 0 Å². The van der Waals surface area contributed by atoms with E-state index in [0.717, 1.165) is 18.4 Å². The minimum Gasteiger partial charge on any atom is -0.492 e. The molecule has 1 unspecified atom stereocenters. The SMILES string of the molecule is CCOc1ccc(S(=O)(=O)N2CCCC(C(=O)NCCc3ccc(S(=O)(=O)N4CCCC4)cc3)C2)cc1Cl. The first-order chi connectivity index (χ1) is 18.1. The summed E-state index contributed by atoms with van der Waals surface area (Å²) in [6.07, 6.45) is 3.49. The van der Waals surface area contributed by atoms with Crippen molar-refractivity contribution in [2.45, 2.75) is 48.8 Å². The van der Waals surface area contributed by atoms with Gasteiger partial charge >= 0.3 is 0 Å². The molecule has 0 spiro atoms. The Balaban J connectivity index is 1.31. The third-order valence-electron chi connectivity index (χ3n) is 6.93. The van der Waals surface area contributed by atoms with Crippen LogP contribution >= 0.6 is 11.6 Å². The number of hydrogen-bond acceptors (Lipinski definition) is 6. The van der Waals surface area contributed by atoms with Crippen molar-refractivity contribution in [1.29, 1.82) is 0 Å². The quantitative estimate of drug-likeness (QED) is 0.459. The lowest BCUT2D eigenvalue weighted by atomic mass is 9.99. The van der Waals surface area contributed by atoms with Crippen molar-refractivity contribution in [3.05, 3.63) is 53.1 Å². The van der Waals surface area contributed by atoms with Crippen molar-refractivity contribution in [1.82, 2.24) is 13.9 Å². The zero-order valence-electron chi connectivity index (χ0n) is 21.4. The second-order valence-electron chi connectivity index (χ2n) is 9.52. The topological polar surface area (TPSA) is 113 Å². The van der Waals surface area contributed by atoms with Gasteiger partial charge in [0.25, 0.3) is 0 Å². The Kier molecular flexibility index (Phi) is 9.36. The Hall–Kier alpha value is -2.18. The third kappa shape index (κ3) is 6.51. The molecule has 2 aromatic carbocycles. The van der Waals surface area contributed by atoms with Crippen molar-refractivity contribution in [3.63, 3.8) is 0 Å². The van der Waals surface area contributed by atoms with E-state index in [9.17, 15) is 21.6 Å². The van der Waals surface area contributed by atoms with Crippen LogP contribution in [0.25, 0.3) is 0 Å². The van der Waals surface area contributed by atoms with Crippen molar-refractivity contribution in [3.8, 4) is 5.75 Å². The Morgan fingerprint density at radius 3 is 2.24 bits per heavy atom. The molecule has 1 atom stereocenters. The summed E-state index contributed by atoms with van der Waals surface area (Å²) in [5, 5.41) is 3.13. The highest BCUT2D eigenvalue weighted by molar-refractivity contribution is 7.89. The molecule has 2 heterocycles. The number of carbonyl (C=O) groups is 1. The van der Waals surface area contributed by atoms with Crippen molar-refractivity contribution < 1.29 is 26.4 Å². The monoisotopic (exact) mass is 583 g/mol. The number of carbonyl (C=O) groups excluding carboxylic acids is 1. The summed E-state index contributed by atoms with van der Waals surface area (Å²) in [4.78, 5) is 13.2. The summed E-state index contributed by atoms with van der Waals surface area (Å²) in [7, 11) is -7.26. The van der Waals surface area contributed by atoms with Gasteiger partial charge in [-0.25, -0.2) is 16.8 Å². The van der Waals surface area contributed by atoms with E-state index in [1.807, 2.05) is 6.92 Å². The maximum absolute atomic E-state index is 13.2. The number of piperidine rings is 1. The highest BCUT2D eigenvalue weighted by Crippen LogP contribution is 2.30. The Morgan fingerprint density at radius 1 is 0.947 bits per heavy atom. The second-order valence-corrected chi connectivity index (χ2v) is 13.8. The molecule has 0 radical (unpaired) electrons. The van der Waals surface area contributed by atoms with E-state index in [0.29, 0.717) is 57.8 Å². The van der Waals surface area contributed by atoms with Crippen LogP contribution in [0.1, 0.15) is 38.2 Å². The van der Waals surface area contributed by atoms with E-state index in [1.165, 1.54) is 20.7 Å². The number of nitrogens with zero attached hydrogens (tertiary/aromatic N) is 2. The average molecular weight is 584 g/mol. The number of hydrogen-bond donors (Lipinski definition) is 1. The minimum absolute atomic E-state index is 0.0715. The summed E-state index contributed by atoms with van der Waals surface area (Å²) >= 11 is 6.20. The lowest BCUT2D eigenvalue weighted by Crippen LogP contribution is -2.45. The van der Waals surface area contributed by atoms with Gasteiger partial charge in [0, 0.05) is 32.7 Å². The summed E-state index contributed by atoms with van der Waals surface area (Å²) < 4.78 is 60.0. The molecule has 9 nitrogen and oxygen atoms in total. The number of benzene rings is 2. The van der Waals surface area contributed by atoms with Crippen LogP contribution in [0.5, 0.6) is 5.75 Å². The van der Waals surface area contributed by atoms with Crippen LogP contribution < -0.4 is 10.1 Å². The summed E-state index contributed by atoms with van der Waals surface area (Å²) in [6, 6.07) is 11.2. The molecule has 1 N–H and O–H groups in total. The molecule has 0 bridgehead atoms. The fourth-order valence-corrected chi connectivity index (χ4v) is 8.19. The molecular formula is C26H34ClN3O6S2. The minimum atomic E-state index is -3.81. The number of rotatable bonds is 10. The smallest absolute Gasteiger partial charge is 0.243 e. The Morgan fingerprint density at radius 2 is 1.58 bits per heavy atom. The molecule has 2 saturated heterocycles. The van der Waals surface area contributed by atoms with Crippen molar-refractivity contribution in [2.24, 2.45) is 5.92 Å². The first kappa shape index (κ1) is 28.8. The fourth-order valence-electron chi connectivity index (χ4n) is 4.82. The molecule has 38 heavy (non-hydrogen) atoms.